The maximum Gasteiger partial charge on any atom is 0.236 e. The third-order valence-electron chi connectivity index (χ3n) is 4.41. The number of piperidine rings is 1. The lowest BCUT2D eigenvalue weighted by Crippen LogP contribution is -2.43. The van der Waals surface area contributed by atoms with Gasteiger partial charge in [-0.3, -0.25) is 19.7 Å². The average molecular weight is 340 g/mol. The third kappa shape index (κ3) is 4.54. The van der Waals surface area contributed by atoms with Crippen LogP contribution < -0.4 is 4.74 Å². The first-order valence-electron chi connectivity index (χ1n) is 8.58. The number of hydrogen-bond donors (Lipinski definition) is 0. The Labute approximate surface area is 148 Å². The predicted molar refractivity (Wildman–Crippen MR) is 96.3 cm³/mol. The molecule has 0 N–H and O–H groups in total. The minimum atomic E-state index is 0.145. The zero-order valence-corrected chi connectivity index (χ0v) is 14.8. The van der Waals surface area contributed by atoms with E-state index in [4.69, 9.17) is 4.74 Å². The molecule has 132 valence electrons. The van der Waals surface area contributed by atoms with E-state index in [0.717, 1.165) is 42.9 Å². The molecule has 3 heterocycles. The second-order valence-electron chi connectivity index (χ2n) is 6.47. The second-order valence-corrected chi connectivity index (χ2v) is 6.47. The lowest BCUT2D eigenvalue weighted by atomic mass is 10.1. The maximum absolute atomic E-state index is 11.8. The van der Waals surface area contributed by atoms with Crippen LogP contribution in [0.4, 0.5) is 0 Å². The molecule has 1 amide bonds. The highest BCUT2D eigenvalue weighted by Crippen LogP contribution is 2.29. The summed E-state index contributed by atoms with van der Waals surface area (Å²) in [6.07, 6.45) is 7.26. The van der Waals surface area contributed by atoms with Crippen LogP contribution in [0, 0.1) is 0 Å². The van der Waals surface area contributed by atoms with Crippen molar-refractivity contribution < 1.29 is 9.53 Å². The predicted octanol–water partition coefficient (Wildman–Crippen LogP) is 2.07. The van der Waals surface area contributed by atoms with Crippen LogP contribution in [0.5, 0.6) is 5.75 Å². The molecule has 2 aromatic rings. The summed E-state index contributed by atoms with van der Waals surface area (Å²) in [5.41, 5.74) is 1.84. The highest BCUT2D eigenvalue weighted by Gasteiger charge is 2.23. The Kier molecular flexibility index (Phi) is 5.60. The lowest BCUT2D eigenvalue weighted by Gasteiger charge is -2.32. The quantitative estimate of drug-likeness (QED) is 0.834. The third-order valence-corrected chi connectivity index (χ3v) is 4.41. The Morgan fingerprint density at radius 3 is 2.60 bits per heavy atom. The Hall–Kier alpha value is -2.47. The molecule has 0 aliphatic carbocycles. The Morgan fingerprint density at radius 1 is 1.20 bits per heavy atom. The van der Waals surface area contributed by atoms with Crippen molar-refractivity contribution in [2.45, 2.75) is 18.9 Å². The Morgan fingerprint density at radius 2 is 1.92 bits per heavy atom. The number of carbonyl (C=O) groups excluding carboxylic acids is 1. The molecular weight excluding hydrogens is 316 g/mol. The van der Waals surface area contributed by atoms with Crippen molar-refractivity contribution in [1.82, 2.24) is 19.8 Å². The van der Waals surface area contributed by atoms with Crippen LogP contribution in [0.3, 0.4) is 0 Å². The van der Waals surface area contributed by atoms with Crippen LogP contribution in [-0.2, 0) is 4.79 Å². The topological polar surface area (TPSA) is 58.6 Å². The standard InChI is InChI=1S/C19H24N4O2/c1-22(2)18(24)14-23-12-7-16(8-13-23)25-17-4-3-9-21-19(17)15-5-10-20-11-6-15/h3-6,9-11,16H,7-8,12-14H2,1-2H3. The highest BCUT2D eigenvalue weighted by atomic mass is 16.5. The molecule has 25 heavy (non-hydrogen) atoms. The first-order valence-corrected chi connectivity index (χ1v) is 8.58. The molecule has 6 nitrogen and oxygen atoms in total. The maximum atomic E-state index is 11.8. The van der Waals surface area contributed by atoms with Gasteiger partial charge in [0.15, 0.2) is 0 Å². The zero-order chi connectivity index (χ0) is 17.6. The number of aromatic nitrogens is 2. The molecule has 0 unspecified atom stereocenters. The molecule has 1 fully saturated rings. The highest BCUT2D eigenvalue weighted by molar-refractivity contribution is 5.77. The monoisotopic (exact) mass is 340 g/mol. The molecule has 1 aliphatic rings. The molecule has 0 spiro atoms. The molecule has 0 radical (unpaired) electrons. The van der Waals surface area contributed by atoms with Crippen LogP contribution in [0.25, 0.3) is 11.3 Å². The number of amides is 1. The van der Waals surface area contributed by atoms with Gasteiger partial charge in [-0.15, -0.1) is 0 Å². The average Bonchev–Trinajstić information content (AvgIpc) is 2.64. The number of likely N-dealkylation sites (tertiary alicyclic amines) is 1. The van der Waals surface area contributed by atoms with Crippen LogP contribution in [-0.4, -0.2) is 65.5 Å². The van der Waals surface area contributed by atoms with E-state index in [1.54, 1.807) is 37.6 Å². The van der Waals surface area contributed by atoms with E-state index in [1.165, 1.54) is 0 Å². The van der Waals surface area contributed by atoms with E-state index in [2.05, 4.69) is 14.9 Å². The van der Waals surface area contributed by atoms with E-state index < -0.39 is 0 Å². The summed E-state index contributed by atoms with van der Waals surface area (Å²) in [4.78, 5) is 24.2. The van der Waals surface area contributed by atoms with Gasteiger partial charge in [0.1, 0.15) is 17.5 Å². The molecule has 6 heteroatoms. The summed E-state index contributed by atoms with van der Waals surface area (Å²) in [6, 6.07) is 7.73. The summed E-state index contributed by atoms with van der Waals surface area (Å²) in [5.74, 6) is 0.947. The number of pyridine rings is 2. The van der Waals surface area contributed by atoms with Gasteiger partial charge in [-0.05, 0) is 37.1 Å². The number of likely N-dealkylation sites (N-methyl/N-ethyl adjacent to an activating group) is 1. The fourth-order valence-corrected chi connectivity index (χ4v) is 2.91. The number of rotatable bonds is 5. The van der Waals surface area contributed by atoms with Crippen molar-refractivity contribution in [3.05, 3.63) is 42.9 Å². The van der Waals surface area contributed by atoms with Gasteiger partial charge in [-0.25, -0.2) is 0 Å². The Bertz CT molecular complexity index is 698. The summed E-state index contributed by atoms with van der Waals surface area (Å²) < 4.78 is 6.24. The van der Waals surface area contributed by atoms with E-state index in [0.29, 0.717) is 6.54 Å². The smallest absolute Gasteiger partial charge is 0.236 e. The molecule has 2 aromatic heterocycles. The van der Waals surface area contributed by atoms with Crippen LogP contribution in [0.2, 0.25) is 0 Å². The molecule has 3 rings (SSSR count). The van der Waals surface area contributed by atoms with Crippen LogP contribution in [0.1, 0.15) is 12.8 Å². The summed E-state index contributed by atoms with van der Waals surface area (Å²) >= 11 is 0. The molecule has 1 aliphatic heterocycles. The van der Waals surface area contributed by atoms with Crippen molar-refractivity contribution in [1.29, 1.82) is 0 Å². The number of carbonyl (C=O) groups is 1. The van der Waals surface area contributed by atoms with Gasteiger partial charge in [0.2, 0.25) is 5.91 Å². The normalized spacial score (nSPS) is 15.8. The lowest BCUT2D eigenvalue weighted by molar-refractivity contribution is -0.130. The van der Waals surface area contributed by atoms with Gasteiger partial charge < -0.3 is 9.64 Å². The largest absolute Gasteiger partial charge is 0.488 e. The zero-order valence-electron chi connectivity index (χ0n) is 14.8. The van der Waals surface area contributed by atoms with Gasteiger partial charge in [0.05, 0.1) is 6.54 Å². The van der Waals surface area contributed by atoms with Gasteiger partial charge in [0.25, 0.3) is 0 Å². The van der Waals surface area contributed by atoms with Gasteiger partial charge in [-0.1, -0.05) is 0 Å². The van der Waals surface area contributed by atoms with Gasteiger partial charge in [0, 0.05) is 51.3 Å². The number of hydrogen-bond acceptors (Lipinski definition) is 5. The summed E-state index contributed by atoms with van der Waals surface area (Å²) in [6.45, 7) is 2.22. The van der Waals surface area contributed by atoms with Crippen molar-refractivity contribution in [2.75, 3.05) is 33.7 Å². The van der Waals surface area contributed by atoms with E-state index in [-0.39, 0.29) is 12.0 Å². The Balaban J connectivity index is 1.61. The minimum absolute atomic E-state index is 0.145. The van der Waals surface area contributed by atoms with Crippen LogP contribution in [0.15, 0.2) is 42.9 Å². The van der Waals surface area contributed by atoms with E-state index in [1.807, 2.05) is 24.3 Å². The molecule has 1 saturated heterocycles. The number of nitrogens with zero attached hydrogens (tertiary/aromatic N) is 4. The van der Waals surface area contributed by atoms with Gasteiger partial charge in [-0.2, -0.15) is 0 Å². The molecule has 0 saturated carbocycles. The van der Waals surface area contributed by atoms with Crippen molar-refractivity contribution in [3.63, 3.8) is 0 Å². The molecule has 0 atom stereocenters. The number of ether oxygens (including phenoxy) is 1. The fourth-order valence-electron chi connectivity index (χ4n) is 2.91. The summed E-state index contributed by atoms with van der Waals surface area (Å²) in [7, 11) is 3.59. The van der Waals surface area contributed by atoms with E-state index >= 15 is 0 Å². The molecular formula is C19H24N4O2. The first kappa shape index (κ1) is 17.4. The van der Waals surface area contributed by atoms with Crippen molar-refractivity contribution >= 4 is 5.91 Å². The first-order chi connectivity index (χ1) is 12.1. The van der Waals surface area contributed by atoms with Gasteiger partial charge >= 0.3 is 0 Å². The fraction of sp³-hybridized carbons (Fsp3) is 0.421. The van der Waals surface area contributed by atoms with Crippen molar-refractivity contribution in [3.8, 4) is 17.0 Å². The van der Waals surface area contributed by atoms with E-state index in [9.17, 15) is 4.79 Å². The SMILES string of the molecule is CN(C)C(=O)CN1CCC(Oc2cccnc2-c2ccncc2)CC1. The van der Waals surface area contributed by atoms with Crippen molar-refractivity contribution in [2.24, 2.45) is 0 Å². The minimum Gasteiger partial charge on any atom is -0.488 e. The van der Waals surface area contributed by atoms with Crippen LogP contribution >= 0.6 is 0 Å². The molecule has 0 bridgehead atoms. The second kappa shape index (κ2) is 8.07. The summed E-state index contributed by atoms with van der Waals surface area (Å²) in [5, 5.41) is 0. The molecule has 0 aromatic carbocycles.